The molecule has 1 radical (unpaired) electrons. The molecule has 2 atom stereocenters. The van der Waals surface area contributed by atoms with Crippen LogP contribution in [0.1, 0.15) is 18.9 Å². The number of hydrogen-bond acceptors (Lipinski definition) is 3. The van der Waals surface area contributed by atoms with E-state index in [0.717, 1.165) is 5.75 Å². The van der Waals surface area contributed by atoms with Crippen LogP contribution < -0.4 is 4.74 Å². The second kappa shape index (κ2) is 7.80. The number of ether oxygens (including phenoxy) is 1. The van der Waals surface area contributed by atoms with Gasteiger partial charge in [-0.15, -0.1) is 0 Å². The van der Waals surface area contributed by atoms with Crippen molar-refractivity contribution in [1.82, 2.24) is 0 Å². The van der Waals surface area contributed by atoms with Gasteiger partial charge in [0.05, 0.1) is 12.2 Å². The van der Waals surface area contributed by atoms with Crippen LogP contribution in [0.4, 0.5) is 0 Å². The van der Waals surface area contributed by atoms with Crippen molar-refractivity contribution in [1.29, 1.82) is 0 Å². The largest absolute Gasteiger partial charge is 0.491 e. The van der Waals surface area contributed by atoms with Crippen molar-refractivity contribution < 1.29 is 35.1 Å². The molecule has 0 spiro atoms. The summed E-state index contributed by atoms with van der Waals surface area (Å²) in [4.78, 5) is 0. The molecule has 0 fully saturated rings. The van der Waals surface area contributed by atoms with E-state index in [-0.39, 0.29) is 26.7 Å². The Balaban J connectivity index is 0.00000225. The normalized spacial score (nSPS) is 13.8. The molecule has 1 aromatic carbocycles. The number of aliphatic hydroxyl groups is 2. The molecule has 0 heterocycles. The van der Waals surface area contributed by atoms with Gasteiger partial charge in [-0.25, -0.2) is 0 Å². The first-order chi connectivity index (χ1) is 7.08. The average molecular weight is 402 g/mol. The number of hydrogen-bond donors (Lipinski definition) is 2. The van der Waals surface area contributed by atoms with Crippen LogP contribution in [0.25, 0.3) is 0 Å². The Hall–Kier alpha value is -0.411. The molecule has 0 aliphatic rings. The Kier molecular flexibility index (Phi) is 7.60. The third-order valence-corrected chi connectivity index (χ3v) is 2.08. The fourth-order valence-corrected chi connectivity index (χ4v) is 1.29. The van der Waals surface area contributed by atoms with E-state index >= 15 is 0 Å². The minimum absolute atomic E-state index is 0. The molecule has 16 heavy (non-hydrogen) atoms. The monoisotopic (exact) mass is 403 g/mol. The van der Waals surface area contributed by atoms with Crippen molar-refractivity contribution in [3.63, 3.8) is 0 Å². The molecular formula is C12H18IrO3. The molecule has 0 aromatic heterocycles. The van der Waals surface area contributed by atoms with E-state index in [9.17, 15) is 5.11 Å². The molecule has 93 valence electrons. The minimum atomic E-state index is -0.619. The average Bonchev–Trinajstić information content (AvgIpc) is 2.16. The maximum absolute atomic E-state index is 9.45. The molecule has 2 unspecified atom stereocenters. The second-order valence-corrected chi connectivity index (χ2v) is 3.86. The van der Waals surface area contributed by atoms with Crippen molar-refractivity contribution in [3.05, 3.63) is 29.8 Å². The predicted molar refractivity (Wildman–Crippen MR) is 59.0 cm³/mol. The van der Waals surface area contributed by atoms with Gasteiger partial charge in [-0.2, -0.15) is 0 Å². The van der Waals surface area contributed by atoms with Gasteiger partial charge in [-0.1, -0.05) is 17.7 Å². The zero-order valence-electron chi connectivity index (χ0n) is 9.51. The van der Waals surface area contributed by atoms with Gasteiger partial charge >= 0.3 is 0 Å². The van der Waals surface area contributed by atoms with E-state index in [1.54, 1.807) is 6.92 Å². The number of aliphatic hydroxyl groups excluding tert-OH is 2. The van der Waals surface area contributed by atoms with Crippen molar-refractivity contribution >= 4 is 0 Å². The van der Waals surface area contributed by atoms with Crippen LogP contribution in [0.5, 0.6) is 5.75 Å². The van der Waals surface area contributed by atoms with Crippen molar-refractivity contribution in [2.75, 3.05) is 6.61 Å². The molecule has 0 amide bonds. The Bertz CT molecular complexity index is 285. The Morgan fingerprint density at radius 1 is 1.19 bits per heavy atom. The van der Waals surface area contributed by atoms with Crippen LogP contribution in [0.2, 0.25) is 0 Å². The first-order valence-electron chi connectivity index (χ1n) is 5.13. The van der Waals surface area contributed by atoms with E-state index < -0.39 is 12.2 Å². The fourth-order valence-electron chi connectivity index (χ4n) is 1.29. The van der Waals surface area contributed by atoms with Crippen LogP contribution in [-0.4, -0.2) is 29.0 Å². The number of aryl methyl sites for hydroxylation is 1. The Morgan fingerprint density at radius 2 is 1.75 bits per heavy atom. The van der Waals surface area contributed by atoms with Crippen molar-refractivity contribution in [2.24, 2.45) is 0 Å². The van der Waals surface area contributed by atoms with E-state index in [2.05, 4.69) is 0 Å². The molecule has 2 N–H and O–H groups in total. The van der Waals surface area contributed by atoms with E-state index in [0.29, 0.717) is 6.42 Å². The SMILES string of the molecule is Cc1ccc(OCC(O)CC(C)O)cc1.[Ir]. The van der Waals surface area contributed by atoms with E-state index in [1.165, 1.54) is 5.56 Å². The predicted octanol–water partition coefficient (Wildman–Crippen LogP) is 1.50. The third kappa shape index (κ3) is 6.23. The third-order valence-electron chi connectivity index (χ3n) is 2.08. The van der Waals surface area contributed by atoms with Gasteiger partial charge in [0.25, 0.3) is 0 Å². The standard InChI is InChI=1S/C12H18O3.Ir/c1-9-3-5-12(6-4-9)15-8-11(14)7-10(2)13;/h3-6,10-11,13-14H,7-8H2,1-2H3;. The van der Waals surface area contributed by atoms with Crippen LogP contribution in [0, 0.1) is 6.92 Å². The minimum Gasteiger partial charge on any atom is -0.491 e. The van der Waals surface area contributed by atoms with E-state index in [4.69, 9.17) is 9.84 Å². The summed E-state index contributed by atoms with van der Waals surface area (Å²) in [6.45, 7) is 3.87. The van der Waals surface area contributed by atoms with Crippen LogP contribution in [-0.2, 0) is 20.1 Å². The molecule has 0 aliphatic carbocycles. The maximum atomic E-state index is 9.45. The summed E-state index contributed by atoms with van der Waals surface area (Å²) in [5, 5.41) is 18.5. The first kappa shape index (κ1) is 15.6. The number of benzene rings is 1. The Morgan fingerprint density at radius 3 is 2.25 bits per heavy atom. The molecule has 1 aromatic rings. The number of rotatable bonds is 5. The van der Waals surface area contributed by atoms with Crippen molar-refractivity contribution in [3.8, 4) is 5.75 Å². The van der Waals surface area contributed by atoms with Crippen molar-refractivity contribution in [2.45, 2.75) is 32.5 Å². The molecule has 4 heteroatoms. The maximum Gasteiger partial charge on any atom is 0.119 e. The van der Waals surface area contributed by atoms with Gasteiger partial charge in [0.2, 0.25) is 0 Å². The van der Waals surface area contributed by atoms with Gasteiger partial charge in [0.1, 0.15) is 12.4 Å². The van der Waals surface area contributed by atoms with Crippen LogP contribution >= 0.6 is 0 Å². The molecule has 0 aliphatic heterocycles. The van der Waals surface area contributed by atoms with Gasteiger partial charge in [0, 0.05) is 26.5 Å². The molecule has 0 bridgehead atoms. The quantitative estimate of drug-likeness (QED) is 0.785. The van der Waals surface area contributed by atoms with Gasteiger partial charge in [-0.3, -0.25) is 0 Å². The summed E-state index contributed by atoms with van der Waals surface area (Å²) >= 11 is 0. The first-order valence-corrected chi connectivity index (χ1v) is 5.13. The summed E-state index contributed by atoms with van der Waals surface area (Å²) < 4.78 is 5.36. The molecular weight excluding hydrogens is 384 g/mol. The molecule has 0 saturated heterocycles. The topological polar surface area (TPSA) is 49.7 Å². The molecule has 0 saturated carbocycles. The van der Waals surface area contributed by atoms with Gasteiger partial charge < -0.3 is 14.9 Å². The Labute approximate surface area is 110 Å². The van der Waals surface area contributed by atoms with Crippen LogP contribution in [0.15, 0.2) is 24.3 Å². The van der Waals surface area contributed by atoms with Crippen LogP contribution in [0.3, 0.4) is 0 Å². The smallest absolute Gasteiger partial charge is 0.119 e. The summed E-state index contributed by atoms with van der Waals surface area (Å²) in [7, 11) is 0. The van der Waals surface area contributed by atoms with E-state index in [1.807, 2.05) is 31.2 Å². The molecule has 3 nitrogen and oxygen atoms in total. The second-order valence-electron chi connectivity index (χ2n) is 3.86. The zero-order chi connectivity index (χ0) is 11.3. The fraction of sp³-hybridized carbons (Fsp3) is 0.500. The zero-order valence-corrected chi connectivity index (χ0v) is 11.9. The summed E-state index contributed by atoms with van der Waals surface area (Å²) in [5.41, 5.74) is 1.17. The summed E-state index contributed by atoms with van der Waals surface area (Å²) in [6, 6.07) is 7.64. The van der Waals surface area contributed by atoms with Gasteiger partial charge in [-0.05, 0) is 26.0 Å². The summed E-state index contributed by atoms with van der Waals surface area (Å²) in [5.74, 6) is 0.741. The molecule has 1 rings (SSSR count). The summed E-state index contributed by atoms with van der Waals surface area (Å²) in [6.07, 6.45) is -0.779. The van der Waals surface area contributed by atoms with Gasteiger partial charge in [0.15, 0.2) is 0 Å².